The lowest BCUT2D eigenvalue weighted by atomic mass is 9.84. The van der Waals surface area contributed by atoms with Gasteiger partial charge in [0.05, 0.1) is 6.10 Å². The van der Waals surface area contributed by atoms with Crippen LogP contribution in [0.15, 0.2) is 15.9 Å². The van der Waals surface area contributed by atoms with Crippen LogP contribution in [0.4, 0.5) is 0 Å². The third-order valence-corrected chi connectivity index (χ3v) is 6.52. The Balaban J connectivity index is 1.54. The zero-order valence-corrected chi connectivity index (χ0v) is 12.3. The molecule has 1 aromatic heterocycles. The van der Waals surface area contributed by atoms with Gasteiger partial charge in [-0.25, -0.2) is 0 Å². The number of aliphatic hydroxyl groups excluding tert-OH is 1. The number of hydrogen-bond donors (Lipinski definition) is 1. The largest absolute Gasteiger partial charge is 0.393 e. The minimum Gasteiger partial charge on any atom is -0.393 e. The molecule has 1 heterocycles. The van der Waals surface area contributed by atoms with Crippen molar-refractivity contribution in [2.24, 2.45) is 17.8 Å². The minimum absolute atomic E-state index is 0.144. The summed E-state index contributed by atoms with van der Waals surface area (Å²) in [6.45, 7) is 0. The third-order valence-electron chi connectivity index (χ3n) is 4.57. The van der Waals surface area contributed by atoms with E-state index in [2.05, 4.69) is 27.4 Å². The molecule has 3 rings (SSSR count). The fourth-order valence-electron chi connectivity index (χ4n) is 3.78. The predicted molar refractivity (Wildman–Crippen MR) is 75.3 cm³/mol. The molecule has 2 bridgehead atoms. The topological polar surface area (TPSA) is 20.2 Å². The molecular weight excluding hydrogens is 296 g/mol. The summed E-state index contributed by atoms with van der Waals surface area (Å²) in [7, 11) is 0. The fraction of sp³-hybridized carbons (Fsp3) is 0.714. The molecule has 17 heavy (non-hydrogen) atoms. The maximum Gasteiger partial charge on any atom is 0.0591 e. The highest BCUT2D eigenvalue weighted by atomic mass is 79.9. The van der Waals surface area contributed by atoms with Crippen LogP contribution in [0.25, 0.3) is 0 Å². The number of fused-ring (bicyclic) bond motifs is 2. The first kappa shape index (κ1) is 12.2. The van der Waals surface area contributed by atoms with Crippen LogP contribution in [0, 0.1) is 17.8 Å². The van der Waals surface area contributed by atoms with Gasteiger partial charge in [0.1, 0.15) is 0 Å². The highest BCUT2D eigenvalue weighted by Gasteiger charge is 2.39. The van der Waals surface area contributed by atoms with Gasteiger partial charge in [-0.1, -0.05) is 6.42 Å². The van der Waals surface area contributed by atoms with Crippen LogP contribution < -0.4 is 0 Å². The highest BCUT2D eigenvalue weighted by Crippen LogP contribution is 2.50. The first-order chi connectivity index (χ1) is 8.22. The molecular formula is C14H19BrOS. The van der Waals surface area contributed by atoms with Crippen molar-refractivity contribution in [2.45, 2.75) is 44.6 Å². The van der Waals surface area contributed by atoms with E-state index in [1.54, 1.807) is 11.3 Å². The van der Waals surface area contributed by atoms with Crippen molar-refractivity contribution in [3.05, 3.63) is 20.8 Å². The van der Waals surface area contributed by atoms with E-state index < -0.39 is 0 Å². The summed E-state index contributed by atoms with van der Waals surface area (Å²) in [6, 6.07) is 2.07. The molecule has 4 unspecified atom stereocenters. The van der Waals surface area contributed by atoms with E-state index >= 15 is 0 Å². The first-order valence-electron chi connectivity index (χ1n) is 6.62. The van der Waals surface area contributed by atoms with Gasteiger partial charge in [0.25, 0.3) is 0 Å². The van der Waals surface area contributed by atoms with Crippen molar-refractivity contribution in [3.8, 4) is 0 Å². The summed E-state index contributed by atoms with van der Waals surface area (Å²) in [4.78, 5) is 1.29. The van der Waals surface area contributed by atoms with Crippen molar-refractivity contribution >= 4 is 27.3 Å². The van der Waals surface area contributed by atoms with Gasteiger partial charge in [0.2, 0.25) is 0 Å². The van der Waals surface area contributed by atoms with Gasteiger partial charge in [-0.15, -0.1) is 11.3 Å². The molecule has 1 aromatic rings. The van der Waals surface area contributed by atoms with Gasteiger partial charge in [-0.05, 0) is 70.8 Å². The van der Waals surface area contributed by atoms with E-state index in [0.717, 1.165) is 35.1 Å². The molecule has 2 saturated carbocycles. The standard InChI is InChI=1S/C14H19BrOS/c15-13-3-4-17-14(13)8-12(16)7-11-6-9-1-2-10(11)5-9/h3-4,9-12,16H,1-2,5-8H2. The molecule has 3 heteroatoms. The molecule has 0 radical (unpaired) electrons. The molecule has 2 fully saturated rings. The van der Waals surface area contributed by atoms with Gasteiger partial charge in [-0.2, -0.15) is 0 Å². The Morgan fingerprint density at radius 1 is 1.41 bits per heavy atom. The second-order valence-electron chi connectivity index (χ2n) is 5.72. The molecule has 1 N–H and O–H groups in total. The number of thiophene rings is 1. The van der Waals surface area contributed by atoms with Gasteiger partial charge in [-0.3, -0.25) is 0 Å². The van der Waals surface area contributed by atoms with Gasteiger partial charge >= 0.3 is 0 Å². The van der Waals surface area contributed by atoms with Gasteiger partial charge < -0.3 is 5.11 Å². The van der Waals surface area contributed by atoms with Crippen LogP contribution in [-0.2, 0) is 6.42 Å². The van der Waals surface area contributed by atoms with Crippen molar-refractivity contribution in [1.29, 1.82) is 0 Å². The Morgan fingerprint density at radius 2 is 2.29 bits per heavy atom. The molecule has 0 aliphatic heterocycles. The molecule has 2 aliphatic carbocycles. The van der Waals surface area contributed by atoms with E-state index in [1.807, 2.05) is 0 Å². The number of hydrogen-bond acceptors (Lipinski definition) is 2. The molecule has 0 spiro atoms. The maximum atomic E-state index is 10.2. The average Bonchev–Trinajstić information content (AvgIpc) is 2.96. The van der Waals surface area contributed by atoms with E-state index in [9.17, 15) is 5.11 Å². The zero-order valence-electron chi connectivity index (χ0n) is 9.94. The molecule has 0 amide bonds. The average molecular weight is 315 g/mol. The number of rotatable bonds is 4. The maximum absolute atomic E-state index is 10.2. The summed E-state index contributed by atoms with van der Waals surface area (Å²) in [6.07, 6.45) is 7.40. The van der Waals surface area contributed by atoms with Crippen molar-refractivity contribution < 1.29 is 5.11 Å². The Hall–Kier alpha value is 0.140. The highest BCUT2D eigenvalue weighted by molar-refractivity contribution is 9.10. The van der Waals surface area contributed by atoms with E-state index in [-0.39, 0.29) is 6.10 Å². The molecule has 0 aromatic carbocycles. The Labute approximate surface area is 115 Å². The smallest absolute Gasteiger partial charge is 0.0591 e. The summed E-state index contributed by atoms with van der Waals surface area (Å²) in [5.41, 5.74) is 0. The lowest BCUT2D eigenvalue weighted by Crippen LogP contribution is -2.20. The van der Waals surface area contributed by atoms with Crippen molar-refractivity contribution in [1.82, 2.24) is 0 Å². The fourth-order valence-corrected chi connectivity index (χ4v) is 5.37. The lowest BCUT2D eigenvalue weighted by molar-refractivity contribution is 0.125. The molecule has 4 atom stereocenters. The minimum atomic E-state index is -0.144. The molecule has 1 nitrogen and oxygen atoms in total. The van der Waals surface area contributed by atoms with Crippen LogP contribution in [-0.4, -0.2) is 11.2 Å². The van der Waals surface area contributed by atoms with Crippen LogP contribution >= 0.6 is 27.3 Å². The normalized spacial score (nSPS) is 33.2. The Bertz CT molecular complexity index is 389. The molecule has 2 aliphatic rings. The Morgan fingerprint density at radius 3 is 2.88 bits per heavy atom. The van der Waals surface area contributed by atoms with Crippen LogP contribution in [0.3, 0.4) is 0 Å². The number of aliphatic hydroxyl groups is 1. The third kappa shape index (κ3) is 2.61. The van der Waals surface area contributed by atoms with Crippen molar-refractivity contribution in [2.75, 3.05) is 0 Å². The summed E-state index contributed by atoms with van der Waals surface area (Å²) in [5.74, 6) is 2.73. The summed E-state index contributed by atoms with van der Waals surface area (Å²) >= 11 is 5.28. The number of halogens is 1. The first-order valence-corrected chi connectivity index (χ1v) is 8.29. The monoisotopic (exact) mass is 314 g/mol. The molecule has 0 saturated heterocycles. The van der Waals surface area contributed by atoms with E-state index in [0.29, 0.717) is 0 Å². The van der Waals surface area contributed by atoms with Crippen LogP contribution in [0.2, 0.25) is 0 Å². The van der Waals surface area contributed by atoms with Crippen LogP contribution in [0.1, 0.15) is 37.0 Å². The Kier molecular flexibility index (Phi) is 3.60. The van der Waals surface area contributed by atoms with Gasteiger partial charge in [0, 0.05) is 15.8 Å². The summed E-state index contributed by atoms with van der Waals surface area (Å²) < 4.78 is 1.16. The SMILES string of the molecule is OC(Cc1sccc1Br)CC1CC2CCC1C2. The second kappa shape index (κ2) is 5.02. The quantitative estimate of drug-likeness (QED) is 0.881. The van der Waals surface area contributed by atoms with E-state index in [4.69, 9.17) is 0 Å². The van der Waals surface area contributed by atoms with Gasteiger partial charge in [0.15, 0.2) is 0 Å². The lowest BCUT2D eigenvalue weighted by Gasteiger charge is -2.24. The predicted octanol–water partition coefficient (Wildman–Crippen LogP) is 4.24. The second-order valence-corrected chi connectivity index (χ2v) is 7.58. The zero-order chi connectivity index (χ0) is 11.8. The van der Waals surface area contributed by atoms with Crippen molar-refractivity contribution in [3.63, 3.8) is 0 Å². The van der Waals surface area contributed by atoms with Crippen LogP contribution in [0.5, 0.6) is 0 Å². The van der Waals surface area contributed by atoms with E-state index in [1.165, 1.54) is 30.6 Å². The summed E-state index contributed by atoms with van der Waals surface area (Å²) in [5, 5.41) is 12.3. The molecule has 94 valence electrons.